The summed E-state index contributed by atoms with van der Waals surface area (Å²) in [6, 6.07) is 26.1. The van der Waals surface area contributed by atoms with Crippen molar-refractivity contribution in [2.45, 2.75) is 25.8 Å². The number of anilines is 1. The van der Waals surface area contributed by atoms with Crippen molar-refractivity contribution in [3.8, 4) is 11.1 Å². The molecule has 0 unspecified atom stereocenters. The van der Waals surface area contributed by atoms with Gasteiger partial charge in [0.1, 0.15) is 6.54 Å². The van der Waals surface area contributed by atoms with Gasteiger partial charge in [0, 0.05) is 13.1 Å². The first kappa shape index (κ1) is 21.4. The lowest BCUT2D eigenvalue weighted by Crippen LogP contribution is -2.34. The van der Waals surface area contributed by atoms with Crippen molar-refractivity contribution in [1.82, 2.24) is 9.80 Å². The van der Waals surface area contributed by atoms with E-state index < -0.39 is 0 Å². The number of nitrogens with zero attached hydrogens (tertiary/aromatic N) is 3. The van der Waals surface area contributed by atoms with E-state index in [4.69, 9.17) is 0 Å². The van der Waals surface area contributed by atoms with Crippen molar-refractivity contribution in [3.05, 3.63) is 90.0 Å². The van der Waals surface area contributed by atoms with Crippen molar-refractivity contribution < 1.29 is 9.59 Å². The van der Waals surface area contributed by atoms with Gasteiger partial charge in [0.25, 0.3) is 5.91 Å². The quantitative estimate of drug-likeness (QED) is 0.489. The predicted molar refractivity (Wildman–Crippen MR) is 131 cm³/mol. The third kappa shape index (κ3) is 4.83. The van der Waals surface area contributed by atoms with Gasteiger partial charge in [-0.2, -0.15) is 0 Å². The molecule has 0 aliphatic carbocycles. The molecule has 3 aromatic rings. The molecule has 168 valence electrons. The van der Waals surface area contributed by atoms with Crippen molar-refractivity contribution in [3.63, 3.8) is 0 Å². The molecule has 5 heteroatoms. The van der Waals surface area contributed by atoms with E-state index in [-0.39, 0.29) is 18.5 Å². The second kappa shape index (κ2) is 9.59. The Morgan fingerprint density at radius 2 is 1.33 bits per heavy atom. The third-order valence-electron chi connectivity index (χ3n) is 6.57. The molecule has 33 heavy (non-hydrogen) atoms. The van der Waals surface area contributed by atoms with Crippen LogP contribution < -0.4 is 4.90 Å². The Hall–Kier alpha value is -3.44. The minimum absolute atomic E-state index is 0.131. The number of carbonyl (C=O) groups is 2. The smallest absolute Gasteiger partial charge is 0.314 e. The maximum absolute atomic E-state index is 13.0. The minimum Gasteiger partial charge on any atom is -0.314 e. The lowest BCUT2D eigenvalue weighted by molar-refractivity contribution is -0.116. The van der Waals surface area contributed by atoms with Gasteiger partial charge < -0.3 is 4.90 Å². The summed E-state index contributed by atoms with van der Waals surface area (Å²) in [6.07, 6.45) is 3.34. The zero-order valence-corrected chi connectivity index (χ0v) is 18.8. The zero-order valence-electron chi connectivity index (χ0n) is 18.8. The fourth-order valence-corrected chi connectivity index (χ4v) is 4.69. The molecule has 5 rings (SSSR count). The first-order valence-corrected chi connectivity index (χ1v) is 11.7. The fraction of sp³-hybridized carbons (Fsp3) is 0.286. The average Bonchev–Trinajstić information content (AvgIpc) is 3.46. The Morgan fingerprint density at radius 1 is 0.697 bits per heavy atom. The summed E-state index contributed by atoms with van der Waals surface area (Å²) in [5.74, 6) is -0.173. The molecule has 5 nitrogen and oxygen atoms in total. The normalized spacial score (nSPS) is 16.7. The molecule has 0 bridgehead atoms. The molecule has 2 saturated heterocycles. The maximum Gasteiger partial charge on any atom is 0.331 e. The topological polar surface area (TPSA) is 43.9 Å². The van der Waals surface area contributed by atoms with Crippen molar-refractivity contribution in [1.29, 1.82) is 0 Å². The van der Waals surface area contributed by atoms with Crippen LogP contribution in [0.1, 0.15) is 24.0 Å². The second-order valence-corrected chi connectivity index (χ2v) is 8.90. The third-order valence-corrected chi connectivity index (χ3v) is 6.57. The summed E-state index contributed by atoms with van der Waals surface area (Å²) in [5, 5.41) is 0. The van der Waals surface area contributed by atoms with E-state index in [1.807, 2.05) is 54.6 Å². The van der Waals surface area contributed by atoms with E-state index in [0.717, 1.165) is 24.1 Å². The highest BCUT2D eigenvalue weighted by Crippen LogP contribution is 2.26. The summed E-state index contributed by atoms with van der Waals surface area (Å²) in [7, 11) is 0. The molecule has 2 aliphatic heterocycles. The molecular weight excluding hydrogens is 410 g/mol. The Bertz CT molecular complexity index is 1100. The van der Waals surface area contributed by atoms with Crippen LogP contribution >= 0.6 is 0 Å². The van der Waals surface area contributed by atoms with E-state index >= 15 is 0 Å². The Labute approximate surface area is 195 Å². The SMILES string of the molecule is O=C1CN(CCc2ccc(CN3CCCC3)cc2)C(=O)N1c1ccc(-c2ccccc2)cc1. The number of amides is 3. The molecule has 0 aromatic heterocycles. The Balaban J connectivity index is 1.19. The fourth-order valence-electron chi connectivity index (χ4n) is 4.69. The van der Waals surface area contributed by atoms with Crippen molar-refractivity contribution in [2.24, 2.45) is 0 Å². The lowest BCUT2D eigenvalue weighted by atomic mass is 10.1. The number of likely N-dealkylation sites (tertiary alicyclic amines) is 1. The molecule has 0 radical (unpaired) electrons. The van der Waals surface area contributed by atoms with Crippen LogP contribution in [0.5, 0.6) is 0 Å². The molecule has 0 atom stereocenters. The van der Waals surface area contributed by atoms with Gasteiger partial charge in [-0.15, -0.1) is 0 Å². The van der Waals surface area contributed by atoms with E-state index in [1.165, 1.54) is 42.0 Å². The van der Waals surface area contributed by atoms with Gasteiger partial charge in [0.2, 0.25) is 0 Å². The van der Waals surface area contributed by atoms with Gasteiger partial charge in [-0.1, -0.05) is 66.7 Å². The van der Waals surface area contributed by atoms with Crippen LogP contribution in [0, 0.1) is 0 Å². The van der Waals surface area contributed by atoms with Gasteiger partial charge in [0.05, 0.1) is 5.69 Å². The highest BCUT2D eigenvalue weighted by Gasteiger charge is 2.36. The predicted octanol–water partition coefficient (Wildman–Crippen LogP) is 4.96. The zero-order chi connectivity index (χ0) is 22.6. The van der Waals surface area contributed by atoms with Gasteiger partial charge in [-0.25, -0.2) is 9.69 Å². The Kier molecular flexibility index (Phi) is 6.22. The lowest BCUT2D eigenvalue weighted by Gasteiger charge is -2.18. The van der Waals surface area contributed by atoms with Gasteiger partial charge in [-0.3, -0.25) is 9.69 Å². The molecular formula is C28H29N3O2. The first-order valence-electron chi connectivity index (χ1n) is 11.7. The molecule has 2 heterocycles. The molecule has 0 spiro atoms. The number of urea groups is 1. The molecule has 2 fully saturated rings. The first-order chi connectivity index (χ1) is 16.2. The van der Waals surface area contributed by atoms with Gasteiger partial charge in [0.15, 0.2) is 0 Å². The number of hydrogen-bond donors (Lipinski definition) is 0. The highest BCUT2D eigenvalue weighted by atomic mass is 16.2. The molecule has 2 aliphatic rings. The summed E-state index contributed by atoms with van der Waals surface area (Å²) in [5.41, 5.74) is 5.31. The number of carbonyl (C=O) groups excluding carboxylic acids is 2. The minimum atomic E-state index is -0.238. The standard InChI is InChI=1S/C28H29N3O2/c32-27-21-30(19-16-22-8-10-23(11-9-22)20-29-17-4-5-18-29)28(33)31(27)26-14-12-25(13-15-26)24-6-2-1-3-7-24/h1-3,6-15H,4-5,16-21H2. The number of imide groups is 1. The van der Waals surface area contributed by atoms with E-state index in [0.29, 0.717) is 12.2 Å². The number of rotatable bonds is 7. The summed E-state index contributed by atoms with van der Waals surface area (Å²) >= 11 is 0. The van der Waals surface area contributed by atoms with Gasteiger partial charge in [-0.05, 0) is 66.7 Å². The molecule has 0 N–H and O–H groups in total. The average molecular weight is 440 g/mol. The molecule has 3 aromatic carbocycles. The van der Waals surface area contributed by atoms with Gasteiger partial charge >= 0.3 is 6.03 Å². The highest BCUT2D eigenvalue weighted by molar-refractivity contribution is 6.19. The van der Waals surface area contributed by atoms with Crippen LogP contribution in [0.15, 0.2) is 78.9 Å². The van der Waals surface area contributed by atoms with Crippen molar-refractivity contribution >= 4 is 17.6 Å². The summed E-state index contributed by atoms with van der Waals surface area (Å²) in [4.78, 5) is 31.0. The maximum atomic E-state index is 13.0. The van der Waals surface area contributed by atoms with Crippen LogP contribution in [0.25, 0.3) is 11.1 Å². The van der Waals surface area contributed by atoms with Crippen LogP contribution in [-0.2, 0) is 17.8 Å². The molecule has 3 amide bonds. The summed E-state index contributed by atoms with van der Waals surface area (Å²) in [6.45, 7) is 4.06. The number of benzene rings is 3. The Morgan fingerprint density at radius 3 is 2.03 bits per heavy atom. The van der Waals surface area contributed by atoms with E-state index in [1.54, 1.807) is 4.90 Å². The summed E-state index contributed by atoms with van der Waals surface area (Å²) < 4.78 is 0. The number of hydrogen-bond acceptors (Lipinski definition) is 3. The monoisotopic (exact) mass is 439 g/mol. The van der Waals surface area contributed by atoms with E-state index in [9.17, 15) is 9.59 Å². The van der Waals surface area contributed by atoms with Crippen LogP contribution in [-0.4, -0.2) is 47.9 Å². The van der Waals surface area contributed by atoms with Crippen LogP contribution in [0.2, 0.25) is 0 Å². The molecule has 0 saturated carbocycles. The van der Waals surface area contributed by atoms with E-state index in [2.05, 4.69) is 29.2 Å². The van der Waals surface area contributed by atoms with Crippen LogP contribution in [0.3, 0.4) is 0 Å². The van der Waals surface area contributed by atoms with Crippen LogP contribution in [0.4, 0.5) is 10.5 Å². The van der Waals surface area contributed by atoms with Crippen molar-refractivity contribution in [2.75, 3.05) is 31.1 Å². The second-order valence-electron chi connectivity index (χ2n) is 8.90. The largest absolute Gasteiger partial charge is 0.331 e.